The number of hydrogen-bond donors (Lipinski definition) is 0. The van der Waals surface area contributed by atoms with Crippen molar-refractivity contribution in [1.82, 2.24) is 19.9 Å². The van der Waals surface area contributed by atoms with Gasteiger partial charge in [-0.2, -0.15) is 0 Å². The highest BCUT2D eigenvalue weighted by atomic mass is 16.5. The molecule has 0 saturated carbocycles. The zero-order chi connectivity index (χ0) is 16.1. The van der Waals surface area contributed by atoms with Crippen molar-refractivity contribution in [1.29, 1.82) is 0 Å². The first-order valence-electron chi connectivity index (χ1n) is 8.19. The average molecular weight is 312 g/mol. The summed E-state index contributed by atoms with van der Waals surface area (Å²) in [6.45, 7) is 3.77. The highest BCUT2D eigenvalue weighted by Gasteiger charge is 2.26. The molecular weight excluding hydrogens is 288 g/mol. The van der Waals surface area contributed by atoms with Gasteiger partial charge in [-0.3, -0.25) is 19.9 Å². The molecule has 5 nitrogen and oxygen atoms in total. The number of nitrogens with zero attached hydrogens (tertiary/aromatic N) is 4. The van der Waals surface area contributed by atoms with Gasteiger partial charge in [0.25, 0.3) is 0 Å². The van der Waals surface area contributed by atoms with Gasteiger partial charge >= 0.3 is 0 Å². The smallest absolute Gasteiger partial charge is 0.0726 e. The van der Waals surface area contributed by atoms with E-state index in [2.05, 4.69) is 39.0 Å². The number of aromatic nitrogens is 3. The van der Waals surface area contributed by atoms with E-state index in [-0.39, 0.29) is 0 Å². The molecule has 1 aliphatic rings. The topological polar surface area (TPSA) is 51.1 Å². The van der Waals surface area contributed by atoms with Crippen LogP contribution in [0, 0.1) is 6.92 Å². The SMILES string of the molecule is Cc1cc(C[C@@H]2CC[C@H](CN(C)Cc3cnccn3)O2)ccn1. The monoisotopic (exact) mass is 312 g/mol. The molecule has 1 saturated heterocycles. The molecule has 0 aromatic carbocycles. The molecule has 2 atom stereocenters. The summed E-state index contributed by atoms with van der Waals surface area (Å²) < 4.78 is 6.22. The lowest BCUT2D eigenvalue weighted by molar-refractivity contribution is 0.0265. The first-order chi connectivity index (χ1) is 11.2. The molecular formula is C18H24N4O. The molecule has 0 spiro atoms. The van der Waals surface area contributed by atoms with Crippen molar-refractivity contribution < 1.29 is 4.74 Å². The zero-order valence-corrected chi connectivity index (χ0v) is 13.9. The van der Waals surface area contributed by atoms with Crippen LogP contribution < -0.4 is 0 Å². The first kappa shape index (κ1) is 16.0. The molecule has 3 rings (SSSR count). The molecule has 122 valence electrons. The van der Waals surface area contributed by atoms with E-state index in [4.69, 9.17) is 4.74 Å². The highest BCUT2D eigenvalue weighted by molar-refractivity contribution is 5.16. The van der Waals surface area contributed by atoms with E-state index >= 15 is 0 Å². The summed E-state index contributed by atoms with van der Waals surface area (Å²) in [4.78, 5) is 14.9. The van der Waals surface area contributed by atoms with Crippen LogP contribution in [0.25, 0.3) is 0 Å². The summed E-state index contributed by atoms with van der Waals surface area (Å²) in [5, 5.41) is 0. The largest absolute Gasteiger partial charge is 0.373 e. The third-order valence-electron chi connectivity index (χ3n) is 4.18. The van der Waals surface area contributed by atoms with Crippen LogP contribution in [0.2, 0.25) is 0 Å². The molecule has 2 aromatic rings. The van der Waals surface area contributed by atoms with Gasteiger partial charge in [-0.15, -0.1) is 0 Å². The van der Waals surface area contributed by atoms with Crippen LogP contribution in [0.15, 0.2) is 36.9 Å². The van der Waals surface area contributed by atoms with E-state index in [9.17, 15) is 0 Å². The lowest BCUT2D eigenvalue weighted by Crippen LogP contribution is -2.29. The van der Waals surface area contributed by atoms with E-state index < -0.39 is 0 Å². The summed E-state index contributed by atoms with van der Waals surface area (Å²) in [7, 11) is 2.11. The Bertz CT molecular complexity index is 619. The lowest BCUT2D eigenvalue weighted by atomic mass is 10.1. The van der Waals surface area contributed by atoms with Gasteiger partial charge in [-0.25, -0.2) is 0 Å². The average Bonchev–Trinajstić information content (AvgIpc) is 2.95. The number of likely N-dealkylation sites (N-methyl/N-ethyl adjacent to an activating group) is 1. The van der Waals surface area contributed by atoms with E-state index in [1.807, 2.05) is 19.3 Å². The van der Waals surface area contributed by atoms with Crippen LogP contribution in [0.3, 0.4) is 0 Å². The van der Waals surface area contributed by atoms with Gasteiger partial charge < -0.3 is 4.74 Å². The number of rotatable bonds is 6. The van der Waals surface area contributed by atoms with Crippen molar-refractivity contribution in [2.24, 2.45) is 0 Å². The summed E-state index contributed by atoms with van der Waals surface area (Å²) in [5.74, 6) is 0. The van der Waals surface area contributed by atoms with Gasteiger partial charge in [-0.1, -0.05) is 0 Å². The second kappa shape index (κ2) is 7.62. The Morgan fingerprint density at radius 2 is 2.04 bits per heavy atom. The van der Waals surface area contributed by atoms with Gasteiger partial charge in [0, 0.05) is 43.6 Å². The summed E-state index contributed by atoms with van der Waals surface area (Å²) >= 11 is 0. The summed E-state index contributed by atoms with van der Waals surface area (Å²) in [6, 6.07) is 4.24. The molecule has 2 aromatic heterocycles. The Labute approximate surface area is 137 Å². The van der Waals surface area contributed by atoms with Gasteiger partial charge in [0.2, 0.25) is 0 Å². The van der Waals surface area contributed by atoms with Crippen LogP contribution in [0.5, 0.6) is 0 Å². The third kappa shape index (κ3) is 4.81. The molecule has 0 aliphatic carbocycles. The van der Waals surface area contributed by atoms with Gasteiger partial charge in [-0.05, 0) is 50.9 Å². The lowest BCUT2D eigenvalue weighted by Gasteiger charge is -2.21. The molecule has 5 heteroatoms. The van der Waals surface area contributed by atoms with E-state index in [0.29, 0.717) is 12.2 Å². The molecule has 0 unspecified atom stereocenters. The van der Waals surface area contributed by atoms with E-state index in [1.165, 1.54) is 5.56 Å². The summed E-state index contributed by atoms with van der Waals surface area (Å²) in [6.07, 6.45) is 11.0. The fourth-order valence-electron chi connectivity index (χ4n) is 3.16. The predicted octanol–water partition coefficient (Wildman–Crippen LogP) is 2.40. The van der Waals surface area contributed by atoms with Crippen LogP contribution >= 0.6 is 0 Å². The number of ether oxygens (including phenoxy) is 1. The number of pyridine rings is 1. The minimum Gasteiger partial charge on any atom is -0.373 e. The van der Waals surface area contributed by atoms with Crippen molar-refractivity contribution >= 4 is 0 Å². The van der Waals surface area contributed by atoms with Crippen molar-refractivity contribution in [3.05, 3.63) is 53.9 Å². The molecule has 1 aliphatic heterocycles. The highest BCUT2D eigenvalue weighted by Crippen LogP contribution is 2.23. The molecule has 0 bridgehead atoms. The second-order valence-corrected chi connectivity index (χ2v) is 6.36. The number of aryl methyl sites for hydroxylation is 1. The predicted molar refractivity (Wildman–Crippen MR) is 88.9 cm³/mol. The van der Waals surface area contributed by atoms with E-state index in [1.54, 1.807) is 12.4 Å². The third-order valence-corrected chi connectivity index (χ3v) is 4.18. The van der Waals surface area contributed by atoms with Crippen LogP contribution in [-0.2, 0) is 17.7 Å². The molecule has 0 N–H and O–H groups in total. The van der Waals surface area contributed by atoms with Crippen LogP contribution in [-0.4, -0.2) is 45.7 Å². The summed E-state index contributed by atoms with van der Waals surface area (Å²) in [5.41, 5.74) is 3.38. The van der Waals surface area contributed by atoms with E-state index in [0.717, 1.165) is 43.7 Å². The standard InChI is InChI=1S/C18H24N4O/c1-14-9-15(5-6-20-14)10-17-3-4-18(23-17)13-22(2)12-16-11-19-7-8-21-16/h5-9,11,17-18H,3-4,10,12-13H2,1-2H3/t17-,18+/m0/s1. The molecule has 0 amide bonds. The second-order valence-electron chi connectivity index (χ2n) is 6.36. The van der Waals surface area contributed by atoms with Gasteiger partial charge in [0.15, 0.2) is 0 Å². The van der Waals surface area contributed by atoms with Gasteiger partial charge in [0.05, 0.1) is 17.9 Å². The Morgan fingerprint density at radius 3 is 2.83 bits per heavy atom. The Kier molecular flexibility index (Phi) is 5.31. The maximum Gasteiger partial charge on any atom is 0.0726 e. The zero-order valence-electron chi connectivity index (χ0n) is 13.9. The van der Waals surface area contributed by atoms with Crippen LogP contribution in [0.4, 0.5) is 0 Å². The Balaban J connectivity index is 1.46. The maximum absolute atomic E-state index is 6.22. The molecule has 23 heavy (non-hydrogen) atoms. The minimum absolute atomic E-state index is 0.310. The van der Waals surface area contributed by atoms with Gasteiger partial charge in [0.1, 0.15) is 0 Å². The normalized spacial score (nSPS) is 21.0. The fraction of sp³-hybridized carbons (Fsp3) is 0.500. The molecule has 0 radical (unpaired) electrons. The van der Waals surface area contributed by atoms with Crippen molar-refractivity contribution in [2.75, 3.05) is 13.6 Å². The first-order valence-corrected chi connectivity index (χ1v) is 8.19. The minimum atomic E-state index is 0.310. The maximum atomic E-state index is 6.22. The molecule has 1 fully saturated rings. The fourth-order valence-corrected chi connectivity index (χ4v) is 3.16. The number of hydrogen-bond acceptors (Lipinski definition) is 5. The van der Waals surface area contributed by atoms with Crippen molar-refractivity contribution in [3.8, 4) is 0 Å². The van der Waals surface area contributed by atoms with Crippen molar-refractivity contribution in [2.45, 2.75) is 44.9 Å². The Morgan fingerprint density at radius 1 is 1.17 bits per heavy atom. The molecule has 3 heterocycles. The van der Waals surface area contributed by atoms with Crippen molar-refractivity contribution in [3.63, 3.8) is 0 Å². The Hall–Kier alpha value is -1.85. The quantitative estimate of drug-likeness (QED) is 0.820. The van der Waals surface area contributed by atoms with Crippen LogP contribution in [0.1, 0.15) is 29.8 Å².